The molecule has 0 aliphatic heterocycles. The highest BCUT2D eigenvalue weighted by molar-refractivity contribution is 5.94. The number of hydrazine groups is 1. The number of nitrogens with zero attached hydrogens (tertiary/aromatic N) is 4. The topological polar surface area (TPSA) is 111 Å². The summed E-state index contributed by atoms with van der Waals surface area (Å²) < 4.78 is 1.64. The smallest absolute Gasteiger partial charge is 0.251 e. The van der Waals surface area contributed by atoms with Crippen molar-refractivity contribution in [3.05, 3.63) is 36.3 Å². The predicted octanol–water partition coefficient (Wildman–Crippen LogP) is -0.611. The average Bonchev–Trinajstić information content (AvgIpc) is 2.92. The van der Waals surface area contributed by atoms with E-state index in [1.807, 2.05) is 0 Å². The SMILES string of the molecule is NNc1cc(C(=O)NCCn2ccnn2)ccn1. The van der Waals surface area contributed by atoms with E-state index in [-0.39, 0.29) is 5.91 Å². The molecule has 2 aromatic heterocycles. The van der Waals surface area contributed by atoms with Crippen LogP contribution in [-0.2, 0) is 6.54 Å². The van der Waals surface area contributed by atoms with Crippen LogP contribution in [0.5, 0.6) is 0 Å². The lowest BCUT2D eigenvalue weighted by Gasteiger charge is -2.06. The number of nitrogen functional groups attached to an aromatic ring is 1. The Morgan fingerprint density at radius 3 is 3.06 bits per heavy atom. The Balaban J connectivity index is 1.87. The van der Waals surface area contributed by atoms with E-state index in [9.17, 15) is 4.79 Å². The fraction of sp³-hybridized carbons (Fsp3) is 0.200. The van der Waals surface area contributed by atoms with Crippen LogP contribution < -0.4 is 16.6 Å². The molecule has 0 saturated heterocycles. The van der Waals surface area contributed by atoms with Crippen LogP contribution in [0.25, 0.3) is 0 Å². The molecular weight excluding hydrogens is 234 g/mol. The zero-order valence-corrected chi connectivity index (χ0v) is 9.58. The Hall–Kier alpha value is -2.48. The van der Waals surface area contributed by atoms with Gasteiger partial charge in [0.05, 0.1) is 12.7 Å². The molecule has 2 aromatic rings. The maximum absolute atomic E-state index is 11.8. The number of hydrogen-bond donors (Lipinski definition) is 3. The fourth-order valence-corrected chi connectivity index (χ4v) is 1.39. The van der Waals surface area contributed by atoms with Gasteiger partial charge in [-0.05, 0) is 12.1 Å². The maximum Gasteiger partial charge on any atom is 0.251 e. The normalized spacial score (nSPS) is 10.1. The monoisotopic (exact) mass is 247 g/mol. The number of nitrogens with one attached hydrogen (secondary N) is 2. The van der Waals surface area contributed by atoms with Gasteiger partial charge in [0.1, 0.15) is 5.82 Å². The Morgan fingerprint density at radius 1 is 1.44 bits per heavy atom. The largest absolute Gasteiger partial charge is 0.350 e. The van der Waals surface area contributed by atoms with Gasteiger partial charge in [-0.25, -0.2) is 10.8 Å². The third-order valence-electron chi connectivity index (χ3n) is 2.27. The lowest BCUT2D eigenvalue weighted by atomic mass is 10.2. The van der Waals surface area contributed by atoms with E-state index in [1.165, 1.54) is 6.20 Å². The molecule has 0 bridgehead atoms. The third kappa shape index (κ3) is 3.01. The lowest BCUT2D eigenvalue weighted by molar-refractivity contribution is 0.0952. The number of rotatable bonds is 5. The van der Waals surface area contributed by atoms with Crippen molar-refractivity contribution in [3.8, 4) is 0 Å². The van der Waals surface area contributed by atoms with Crippen LogP contribution in [-0.4, -0.2) is 32.4 Å². The molecule has 0 aromatic carbocycles. The summed E-state index contributed by atoms with van der Waals surface area (Å²) in [6.45, 7) is 1.04. The molecule has 8 nitrogen and oxygen atoms in total. The Kier molecular flexibility index (Phi) is 3.82. The van der Waals surface area contributed by atoms with Gasteiger partial charge in [-0.1, -0.05) is 5.21 Å². The van der Waals surface area contributed by atoms with E-state index in [0.717, 1.165) is 0 Å². The van der Waals surface area contributed by atoms with Crippen LogP contribution in [0.1, 0.15) is 10.4 Å². The van der Waals surface area contributed by atoms with Gasteiger partial charge in [-0.2, -0.15) is 0 Å². The summed E-state index contributed by atoms with van der Waals surface area (Å²) >= 11 is 0. The van der Waals surface area contributed by atoms with Crippen molar-refractivity contribution < 1.29 is 4.79 Å². The number of pyridine rings is 1. The van der Waals surface area contributed by atoms with E-state index in [2.05, 4.69) is 26.0 Å². The Morgan fingerprint density at radius 2 is 2.33 bits per heavy atom. The molecule has 0 atom stereocenters. The first-order valence-electron chi connectivity index (χ1n) is 5.34. The van der Waals surface area contributed by atoms with E-state index in [0.29, 0.717) is 24.5 Å². The molecule has 0 aliphatic rings. The summed E-state index contributed by atoms with van der Waals surface area (Å²) in [5.41, 5.74) is 2.88. The number of nitrogens with two attached hydrogens (primary N) is 1. The highest BCUT2D eigenvalue weighted by Crippen LogP contribution is 2.04. The zero-order valence-electron chi connectivity index (χ0n) is 9.58. The minimum Gasteiger partial charge on any atom is -0.350 e. The molecule has 0 saturated carbocycles. The summed E-state index contributed by atoms with van der Waals surface area (Å²) in [7, 11) is 0. The van der Waals surface area contributed by atoms with Crippen molar-refractivity contribution in [3.63, 3.8) is 0 Å². The molecule has 1 amide bonds. The number of hydrogen-bond acceptors (Lipinski definition) is 6. The van der Waals surface area contributed by atoms with Crippen molar-refractivity contribution in [2.45, 2.75) is 6.54 Å². The summed E-state index contributed by atoms with van der Waals surface area (Å²) in [5.74, 6) is 5.48. The molecular formula is C10H13N7O. The quantitative estimate of drug-likeness (QED) is 0.480. The second-order valence-electron chi connectivity index (χ2n) is 3.50. The van der Waals surface area contributed by atoms with Gasteiger partial charge in [0, 0.05) is 24.5 Å². The molecule has 0 spiro atoms. The Labute approximate surface area is 103 Å². The molecule has 0 aliphatic carbocycles. The average molecular weight is 247 g/mol. The third-order valence-corrected chi connectivity index (χ3v) is 2.27. The van der Waals surface area contributed by atoms with E-state index < -0.39 is 0 Å². The van der Waals surface area contributed by atoms with Crippen molar-refractivity contribution in [1.29, 1.82) is 0 Å². The van der Waals surface area contributed by atoms with E-state index in [4.69, 9.17) is 5.84 Å². The summed E-state index contributed by atoms with van der Waals surface area (Å²) in [6.07, 6.45) is 4.83. The molecule has 0 radical (unpaired) electrons. The second-order valence-corrected chi connectivity index (χ2v) is 3.50. The summed E-state index contributed by atoms with van der Waals surface area (Å²) in [5, 5.41) is 10.2. The Bertz CT molecular complexity index is 511. The number of amides is 1. The minimum atomic E-state index is -0.186. The van der Waals surface area contributed by atoms with E-state index >= 15 is 0 Å². The van der Waals surface area contributed by atoms with Gasteiger partial charge < -0.3 is 10.7 Å². The summed E-state index contributed by atoms with van der Waals surface area (Å²) in [4.78, 5) is 15.7. The first-order chi connectivity index (χ1) is 8.79. The number of anilines is 1. The van der Waals surface area contributed by atoms with Crippen molar-refractivity contribution in [1.82, 2.24) is 25.3 Å². The molecule has 0 unspecified atom stereocenters. The van der Waals surface area contributed by atoms with Crippen LogP contribution in [0.2, 0.25) is 0 Å². The van der Waals surface area contributed by atoms with Crippen molar-refractivity contribution >= 4 is 11.7 Å². The summed E-state index contributed by atoms with van der Waals surface area (Å²) in [6, 6.07) is 3.19. The first-order valence-corrected chi connectivity index (χ1v) is 5.34. The molecule has 4 N–H and O–H groups in total. The van der Waals surface area contributed by atoms with Crippen LogP contribution in [0.4, 0.5) is 5.82 Å². The van der Waals surface area contributed by atoms with Gasteiger partial charge in [0.25, 0.3) is 5.91 Å². The fourth-order valence-electron chi connectivity index (χ4n) is 1.39. The molecule has 2 heterocycles. The molecule has 94 valence electrons. The zero-order chi connectivity index (χ0) is 12.8. The van der Waals surface area contributed by atoms with Crippen molar-refractivity contribution in [2.24, 2.45) is 5.84 Å². The maximum atomic E-state index is 11.8. The first kappa shape index (κ1) is 12.0. The molecule has 8 heteroatoms. The van der Waals surface area contributed by atoms with Crippen molar-refractivity contribution in [2.75, 3.05) is 12.0 Å². The van der Waals surface area contributed by atoms with Gasteiger partial charge in [-0.15, -0.1) is 5.10 Å². The second kappa shape index (κ2) is 5.73. The van der Waals surface area contributed by atoms with Crippen LogP contribution in [0.15, 0.2) is 30.7 Å². The van der Waals surface area contributed by atoms with Gasteiger partial charge >= 0.3 is 0 Å². The van der Waals surface area contributed by atoms with Crippen LogP contribution in [0, 0.1) is 0 Å². The molecule has 0 fully saturated rings. The number of carbonyl (C=O) groups is 1. The number of carbonyl (C=O) groups excluding carboxylic acids is 1. The predicted molar refractivity (Wildman–Crippen MR) is 64.4 cm³/mol. The van der Waals surface area contributed by atoms with Gasteiger partial charge in [0.15, 0.2) is 0 Å². The van der Waals surface area contributed by atoms with Gasteiger partial charge in [0.2, 0.25) is 0 Å². The highest BCUT2D eigenvalue weighted by Gasteiger charge is 2.05. The lowest BCUT2D eigenvalue weighted by Crippen LogP contribution is -2.27. The highest BCUT2D eigenvalue weighted by atomic mass is 16.1. The minimum absolute atomic E-state index is 0.186. The van der Waals surface area contributed by atoms with E-state index in [1.54, 1.807) is 29.2 Å². The van der Waals surface area contributed by atoms with Gasteiger partial charge in [-0.3, -0.25) is 9.48 Å². The van der Waals surface area contributed by atoms with Crippen LogP contribution in [0.3, 0.4) is 0 Å². The molecule has 2 rings (SSSR count). The molecule has 18 heavy (non-hydrogen) atoms. The number of aromatic nitrogens is 4. The van der Waals surface area contributed by atoms with Crippen LogP contribution >= 0.6 is 0 Å². The standard InChI is InChI=1S/C10H13N7O/c11-15-9-7-8(1-2-12-9)10(18)13-3-5-17-6-4-14-16-17/h1-2,4,6-7H,3,5,11H2,(H,12,15)(H,13,18).